The maximum Gasteiger partial charge on any atom is 0.125 e. The minimum Gasteiger partial charge on any atom is -0.467 e. The van der Waals surface area contributed by atoms with Crippen LogP contribution in [0.5, 0.6) is 0 Å². The van der Waals surface area contributed by atoms with E-state index in [9.17, 15) is 0 Å². The van der Waals surface area contributed by atoms with Crippen molar-refractivity contribution in [3.63, 3.8) is 0 Å². The molecule has 0 aliphatic heterocycles. The zero-order valence-corrected chi connectivity index (χ0v) is 10.2. The maximum atomic E-state index is 5.52. The van der Waals surface area contributed by atoms with Gasteiger partial charge in [0.25, 0.3) is 0 Å². The molecule has 0 radical (unpaired) electrons. The summed E-state index contributed by atoms with van der Waals surface area (Å²) in [6.45, 7) is 0.714. The smallest absolute Gasteiger partial charge is 0.125 e. The molecule has 3 nitrogen and oxygen atoms in total. The van der Waals surface area contributed by atoms with Crippen molar-refractivity contribution in [2.75, 3.05) is 7.05 Å². The largest absolute Gasteiger partial charge is 0.467 e. The highest BCUT2D eigenvalue weighted by Gasteiger charge is 2.11. The number of fused-ring (bicyclic) bond motifs is 1. The van der Waals surface area contributed by atoms with E-state index in [0.29, 0.717) is 6.54 Å². The van der Waals surface area contributed by atoms with Crippen molar-refractivity contribution in [2.45, 2.75) is 6.54 Å². The summed E-state index contributed by atoms with van der Waals surface area (Å²) in [5.41, 5.74) is 3.24. The minimum absolute atomic E-state index is 0.714. The van der Waals surface area contributed by atoms with Crippen LogP contribution in [0.3, 0.4) is 0 Å². The van der Waals surface area contributed by atoms with Gasteiger partial charge in [-0.25, -0.2) is 0 Å². The molecule has 0 atom stereocenters. The number of nitrogens with one attached hydrogen (secondary N) is 1. The number of nitrogens with zero attached hydrogens (tertiary/aromatic N) is 1. The number of para-hydroxylation sites is 1. The Labute approximate surface area is 105 Å². The number of hydrogen-bond donors (Lipinski definition) is 1. The van der Waals surface area contributed by atoms with Crippen LogP contribution in [-0.2, 0) is 6.54 Å². The molecule has 1 N–H and O–H groups in total. The molecule has 3 rings (SSSR count). The van der Waals surface area contributed by atoms with Crippen molar-refractivity contribution in [1.29, 1.82) is 0 Å². The van der Waals surface area contributed by atoms with Gasteiger partial charge in [0.05, 0.1) is 18.3 Å². The number of rotatable bonds is 3. The van der Waals surface area contributed by atoms with Crippen molar-refractivity contribution in [1.82, 2.24) is 10.3 Å². The van der Waals surface area contributed by atoms with E-state index in [0.717, 1.165) is 27.8 Å². The van der Waals surface area contributed by atoms with Crippen molar-refractivity contribution < 1.29 is 4.42 Å². The first-order valence-electron chi connectivity index (χ1n) is 5.95. The maximum absolute atomic E-state index is 5.52. The average Bonchev–Trinajstić information content (AvgIpc) is 2.87. The van der Waals surface area contributed by atoms with Crippen molar-refractivity contribution >= 4 is 10.9 Å². The van der Waals surface area contributed by atoms with Crippen LogP contribution in [-0.4, -0.2) is 12.0 Å². The highest BCUT2D eigenvalue weighted by molar-refractivity contribution is 5.93. The van der Waals surface area contributed by atoms with E-state index < -0.39 is 0 Å². The second-order valence-electron chi connectivity index (χ2n) is 4.17. The molecule has 0 unspecified atom stereocenters. The highest BCUT2D eigenvalue weighted by Crippen LogP contribution is 2.30. The molecule has 0 fully saturated rings. The van der Waals surface area contributed by atoms with Gasteiger partial charge in [0.15, 0.2) is 0 Å². The van der Waals surface area contributed by atoms with Gasteiger partial charge >= 0.3 is 0 Å². The number of furan rings is 1. The Bertz CT molecular complexity index is 668. The van der Waals surface area contributed by atoms with Gasteiger partial charge in [-0.3, -0.25) is 4.98 Å². The second kappa shape index (κ2) is 4.63. The molecule has 1 aromatic carbocycles. The summed E-state index contributed by atoms with van der Waals surface area (Å²) in [7, 11) is 1.91. The summed E-state index contributed by atoms with van der Waals surface area (Å²) < 4.78 is 5.52. The van der Waals surface area contributed by atoms with Gasteiger partial charge < -0.3 is 9.73 Å². The molecule has 3 heteroatoms. The fourth-order valence-electron chi connectivity index (χ4n) is 2.20. The Morgan fingerprint density at radius 2 is 2.00 bits per heavy atom. The highest BCUT2D eigenvalue weighted by atomic mass is 16.3. The van der Waals surface area contributed by atoms with E-state index in [2.05, 4.69) is 34.6 Å². The zero-order valence-electron chi connectivity index (χ0n) is 10.2. The molecule has 0 spiro atoms. The van der Waals surface area contributed by atoms with Crippen LogP contribution in [0, 0.1) is 0 Å². The summed E-state index contributed by atoms with van der Waals surface area (Å²) >= 11 is 0. The van der Waals surface area contributed by atoms with Gasteiger partial charge in [-0.1, -0.05) is 24.3 Å². The van der Waals surface area contributed by atoms with Crippen LogP contribution in [0.1, 0.15) is 5.76 Å². The third-order valence-corrected chi connectivity index (χ3v) is 3.01. The fourth-order valence-corrected chi connectivity index (χ4v) is 2.20. The fraction of sp³-hybridized carbons (Fsp3) is 0.133. The first-order valence-corrected chi connectivity index (χ1v) is 5.95. The molecule has 18 heavy (non-hydrogen) atoms. The van der Waals surface area contributed by atoms with Crippen molar-refractivity contribution in [2.24, 2.45) is 0 Å². The lowest BCUT2D eigenvalue weighted by atomic mass is 10.0. The predicted octanol–water partition coefficient (Wildman–Crippen LogP) is 3.21. The van der Waals surface area contributed by atoms with E-state index in [1.807, 2.05) is 25.4 Å². The lowest BCUT2D eigenvalue weighted by Crippen LogP contribution is -2.04. The summed E-state index contributed by atoms with van der Waals surface area (Å²) in [5.74, 6) is 0.940. The van der Waals surface area contributed by atoms with E-state index in [1.54, 1.807) is 6.26 Å². The first kappa shape index (κ1) is 11.0. The Morgan fingerprint density at radius 1 is 1.11 bits per heavy atom. The molecule has 0 saturated carbocycles. The molecule has 2 aromatic heterocycles. The molecule has 0 aliphatic rings. The summed E-state index contributed by atoms with van der Waals surface area (Å²) in [6, 6.07) is 12.2. The second-order valence-corrected chi connectivity index (χ2v) is 4.17. The van der Waals surface area contributed by atoms with Gasteiger partial charge in [-0.2, -0.15) is 0 Å². The molecular weight excluding hydrogens is 224 g/mol. The predicted molar refractivity (Wildman–Crippen MR) is 72.2 cm³/mol. The number of aromatic nitrogens is 1. The Kier molecular flexibility index (Phi) is 2.82. The summed E-state index contributed by atoms with van der Waals surface area (Å²) in [6.07, 6.45) is 3.55. The molecule has 0 saturated heterocycles. The molecule has 0 amide bonds. The topological polar surface area (TPSA) is 38.1 Å². The van der Waals surface area contributed by atoms with E-state index in [4.69, 9.17) is 4.42 Å². The Balaban J connectivity index is 2.22. The van der Waals surface area contributed by atoms with Gasteiger partial charge in [-0.15, -0.1) is 0 Å². The normalized spacial score (nSPS) is 10.9. The van der Waals surface area contributed by atoms with Crippen LogP contribution in [0.4, 0.5) is 0 Å². The molecule has 90 valence electrons. The van der Waals surface area contributed by atoms with Gasteiger partial charge in [-0.05, 0) is 19.2 Å². The van der Waals surface area contributed by atoms with Gasteiger partial charge in [0.1, 0.15) is 5.76 Å². The standard InChI is InChI=1S/C15H14N2O/c1-16-10-14-12(7-9-18-14)13-6-2-4-11-5-3-8-17-15(11)13/h2-9,16H,10H2,1H3. The van der Waals surface area contributed by atoms with Crippen LogP contribution in [0.2, 0.25) is 0 Å². The number of benzene rings is 1. The third-order valence-electron chi connectivity index (χ3n) is 3.01. The summed E-state index contributed by atoms with van der Waals surface area (Å²) in [5, 5.41) is 4.26. The third kappa shape index (κ3) is 1.79. The number of pyridine rings is 1. The Morgan fingerprint density at radius 3 is 2.89 bits per heavy atom. The van der Waals surface area contributed by atoms with Crippen LogP contribution >= 0.6 is 0 Å². The lowest BCUT2D eigenvalue weighted by molar-refractivity contribution is 0.497. The lowest BCUT2D eigenvalue weighted by Gasteiger charge is -2.05. The first-order chi connectivity index (χ1) is 8.90. The molecule has 2 heterocycles. The molecule has 3 aromatic rings. The average molecular weight is 238 g/mol. The SMILES string of the molecule is CNCc1occc1-c1cccc2cccnc12. The van der Waals surface area contributed by atoms with E-state index in [-0.39, 0.29) is 0 Å². The Hall–Kier alpha value is -2.13. The van der Waals surface area contributed by atoms with Gasteiger partial charge in [0.2, 0.25) is 0 Å². The monoisotopic (exact) mass is 238 g/mol. The van der Waals surface area contributed by atoms with Crippen molar-refractivity contribution in [3.8, 4) is 11.1 Å². The molecule has 0 aliphatic carbocycles. The zero-order chi connectivity index (χ0) is 12.4. The summed E-state index contributed by atoms with van der Waals surface area (Å²) in [4.78, 5) is 4.48. The van der Waals surface area contributed by atoms with Gasteiger partial charge in [0, 0.05) is 22.7 Å². The van der Waals surface area contributed by atoms with E-state index in [1.165, 1.54) is 0 Å². The number of hydrogen-bond acceptors (Lipinski definition) is 3. The van der Waals surface area contributed by atoms with Crippen LogP contribution < -0.4 is 5.32 Å². The van der Waals surface area contributed by atoms with Crippen molar-refractivity contribution in [3.05, 3.63) is 54.6 Å². The quantitative estimate of drug-likeness (QED) is 0.761. The van der Waals surface area contributed by atoms with Crippen LogP contribution in [0.15, 0.2) is 53.3 Å². The molecular formula is C15H14N2O. The molecule has 0 bridgehead atoms. The van der Waals surface area contributed by atoms with Crippen LogP contribution in [0.25, 0.3) is 22.0 Å². The van der Waals surface area contributed by atoms with E-state index >= 15 is 0 Å². The minimum atomic E-state index is 0.714.